The number of hydrogen-bond acceptors (Lipinski definition) is 4. The number of nitrogens with one attached hydrogen (secondary N) is 2. The number of aromatic amines is 1. The molecule has 0 fully saturated rings. The number of hydrogen-bond donors (Lipinski definition) is 3. The minimum absolute atomic E-state index is 0.0263. The Morgan fingerprint density at radius 1 is 1.33 bits per heavy atom. The van der Waals surface area contributed by atoms with Gasteiger partial charge in [-0.25, -0.2) is 0 Å². The van der Waals surface area contributed by atoms with Gasteiger partial charge in [0, 0.05) is 41.2 Å². The first-order chi connectivity index (χ1) is 11.7. The molecular weight excluding hydrogens is 388 g/mol. The molecule has 0 aliphatic rings. The standard InChI is InChI=1S/C17H17BrN4OS/c18-16-5-4-15(24-16)12(8-19)7-17(23)22-14-3-1-2-11(6-14)13-9-20-21-10-13/h1-6,9-10,12H,7-8,19H2,(H,20,21)(H,22,23). The maximum Gasteiger partial charge on any atom is 0.225 e. The van der Waals surface area contributed by atoms with Gasteiger partial charge >= 0.3 is 0 Å². The van der Waals surface area contributed by atoms with Gasteiger partial charge < -0.3 is 11.1 Å². The van der Waals surface area contributed by atoms with Crippen molar-refractivity contribution in [3.05, 3.63) is 57.5 Å². The van der Waals surface area contributed by atoms with E-state index in [-0.39, 0.29) is 11.8 Å². The van der Waals surface area contributed by atoms with E-state index in [9.17, 15) is 4.79 Å². The van der Waals surface area contributed by atoms with Crippen molar-refractivity contribution in [3.63, 3.8) is 0 Å². The number of aromatic nitrogens is 2. The van der Waals surface area contributed by atoms with Crippen molar-refractivity contribution in [2.75, 3.05) is 11.9 Å². The average Bonchev–Trinajstić information content (AvgIpc) is 3.24. The lowest BCUT2D eigenvalue weighted by Gasteiger charge is -2.13. The third kappa shape index (κ3) is 4.11. The first kappa shape index (κ1) is 16.9. The van der Waals surface area contributed by atoms with Gasteiger partial charge in [-0.1, -0.05) is 12.1 Å². The zero-order valence-corrected chi connectivity index (χ0v) is 15.2. The molecule has 0 bridgehead atoms. The number of H-pyrrole nitrogens is 1. The fourth-order valence-corrected chi connectivity index (χ4v) is 4.01. The fraction of sp³-hybridized carbons (Fsp3) is 0.176. The summed E-state index contributed by atoms with van der Waals surface area (Å²) in [6.45, 7) is 0.440. The number of nitrogens with two attached hydrogens (primary N) is 1. The molecule has 1 aromatic carbocycles. The highest BCUT2D eigenvalue weighted by Crippen LogP contribution is 2.30. The lowest BCUT2D eigenvalue weighted by Crippen LogP contribution is -2.20. The molecule has 0 aliphatic carbocycles. The van der Waals surface area contributed by atoms with Gasteiger partial charge in [-0.2, -0.15) is 5.10 Å². The molecule has 0 saturated carbocycles. The summed E-state index contributed by atoms with van der Waals surface area (Å²) in [7, 11) is 0. The average molecular weight is 405 g/mol. The quantitative estimate of drug-likeness (QED) is 0.580. The molecular formula is C17H17BrN4OS. The molecule has 4 N–H and O–H groups in total. The van der Waals surface area contributed by atoms with Crippen molar-refractivity contribution in [1.29, 1.82) is 0 Å². The molecule has 1 atom stereocenters. The normalized spacial score (nSPS) is 12.1. The summed E-state index contributed by atoms with van der Waals surface area (Å²) in [5.41, 5.74) is 8.59. The first-order valence-corrected chi connectivity index (χ1v) is 9.11. The van der Waals surface area contributed by atoms with Gasteiger partial charge in [0.15, 0.2) is 0 Å². The van der Waals surface area contributed by atoms with Crippen LogP contribution in [0.4, 0.5) is 5.69 Å². The van der Waals surface area contributed by atoms with Crippen LogP contribution in [0.3, 0.4) is 0 Å². The van der Waals surface area contributed by atoms with Crippen LogP contribution in [0.5, 0.6) is 0 Å². The lowest BCUT2D eigenvalue weighted by molar-refractivity contribution is -0.116. The van der Waals surface area contributed by atoms with Crippen molar-refractivity contribution in [3.8, 4) is 11.1 Å². The smallest absolute Gasteiger partial charge is 0.225 e. The zero-order valence-electron chi connectivity index (χ0n) is 12.8. The SMILES string of the molecule is NCC(CC(=O)Nc1cccc(-c2cn[nH]c2)c1)c1ccc(Br)s1. The van der Waals surface area contributed by atoms with Crippen molar-refractivity contribution >= 4 is 38.9 Å². The molecule has 5 nitrogen and oxygen atoms in total. The van der Waals surface area contributed by atoms with Crippen LogP contribution in [0.25, 0.3) is 11.1 Å². The summed E-state index contributed by atoms with van der Waals surface area (Å²) >= 11 is 5.06. The van der Waals surface area contributed by atoms with Crippen molar-refractivity contribution in [1.82, 2.24) is 10.2 Å². The number of carbonyl (C=O) groups is 1. The molecule has 0 spiro atoms. The number of thiophene rings is 1. The first-order valence-electron chi connectivity index (χ1n) is 7.50. The monoisotopic (exact) mass is 404 g/mol. The maximum absolute atomic E-state index is 12.4. The fourth-order valence-electron chi connectivity index (χ4n) is 2.47. The Morgan fingerprint density at radius 2 is 2.21 bits per heavy atom. The van der Waals surface area contributed by atoms with E-state index < -0.39 is 0 Å². The van der Waals surface area contributed by atoms with Gasteiger partial charge in [0.05, 0.1) is 9.98 Å². The van der Waals surface area contributed by atoms with Crippen LogP contribution >= 0.6 is 27.3 Å². The number of rotatable bonds is 6. The highest BCUT2D eigenvalue weighted by atomic mass is 79.9. The minimum atomic E-state index is -0.0423. The second-order valence-electron chi connectivity index (χ2n) is 5.39. The molecule has 0 saturated heterocycles. The Morgan fingerprint density at radius 3 is 2.88 bits per heavy atom. The Kier molecular flexibility index (Phi) is 5.44. The Bertz CT molecular complexity index is 816. The highest BCUT2D eigenvalue weighted by Gasteiger charge is 2.16. The maximum atomic E-state index is 12.4. The molecule has 7 heteroatoms. The molecule has 2 aromatic heterocycles. The lowest BCUT2D eigenvalue weighted by atomic mass is 10.0. The van der Waals surface area contributed by atoms with Gasteiger partial charge in [0.25, 0.3) is 0 Å². The van der Waals surface area contributed by atoms with Gasteiger partial charge in [0.1, 0.15) is 0 Å². The van der Waals surface area contributed by atoms with Crippen LogP contribution in [0.15, 0.2) is 52.6 Å². The van der Waals surface area contributed by atoms with Crippen LogP contribution in [-0.4, -0.2) is 22.6 Å². The third-order valence-corrected chi connectivity index (χ3v) is 5.48. The van der Waals surface area contributed by atoms with E-state index in [1.54, 1.807) is 17.5 Å². The number of amides is 1. The second kappa shape index (κ2) is 7.74. The third-order valence-electron chi connectivity index (χ3n) is 3.69. The number of benzene rings is 1. The van der Waals surface area contributed by atoms with E-state index in [1.807, 2.05) is 42.6 Å². The van der Waals surface area contributed by atoms with Gasteiger partial charge in [-0.3, -0.25) is 9.89 Å². The van der Waals surface area contributed by atoms with Gasteiger partial charge in [-0.15, -0.1) is 11.3 Å². The largest absolute Gasteiger partial charge is 0.330 e. The summed E-state index contributed by atoms with van der Waals surface area (Å²) < 4.78 is 1.05. The van der Waals surface area contributed by atoms with Crippen molar-refractivity contribution in [2.24, 2.45) is 5.73 Å². The predicted octanol–water partition coefficient (Wildman–Crippen LogP) is 3.97. The minimum Gasteiger partial charge on any atom is -0.330 e. The van der Waals surface area contributed by atoms with E-state index in [0.717, 1.165) is 25.5 Å². The van der Waals surface area contributed by atoms with Crippen LogP contribution in [0.2, 0.25) is 0 Å². The second-order valence-corrected chi connectivity index (χ2v) is 7.89. The summed E-state index contributed by atoms with van der Waals surface area (Å²) in [6.07, 6.45) is 3.93. The van der Waals surface area contributed by atoms with Gasteiger partial charge in [0.2, 0.25) is 5.91 Å². The molecule has 3 aromatic rings. The molecule has 1 unspecified atom stereocenters. The molecule has 24 heavy (non-hydrogen) atoms. The Labute approximate surface area is 152 Å². The number of carbonyl (C=O) groups excluding carboxylic acids is 1. The van der Waals surface area contributed by atoms with Crippen molar-refractivity contribution in [2.45, 2.75) is 12.3 Å². The van der Waals surface area contributed by atoms with E-state index in [2.05, 4.69) is 31.4 Å². The summed E-state index contributed by atoms with van der Waals surface area (Å²) in [6, 6.07) is 11.7. The van der Waals surface area contributed by atoms with Crippen LogP contribution in [-0.2, 0) is 4.79 Å². The predicted molar refractivity (Wildman–Crippen MR) is 101 cm³/mol. The van der Waals surface area contributed by atoms with E-state index in [4.69, 9.17) is 5.73 Å². The summed E-state index contributed by atoms with van der Waals surface area (Å²) in [5.74, 6) is -0.0160. The number of anilines is 1. The van der Waals surface area contributed by atoms with E-state index >= 15 is 0 Å². The Balaban J connectivity index is 1.67. The van der Waals surface area contributed by atoms with Crippen molar-refractivity contribution < 1.29 is 4.79 Å². The molecule has 0 radical (unpaired) electrons. The van der Waals surface area contributed by atoms with Crippen LogP contribution in [0, 0.1) is 0 Å². The van der Waals surface area contributed by atoms with Gasteiger partial charge in [-0.05, 0) is 45.8 Å². The van der Waals surface area contributed by atoms with Crippen LogP contribution in [0.1, 0.15) is 17.2 Å². The number of nitrogens with zero attached hydrogens (tertiary/aromatic N) is 1. The number of halogens is 1. The highest BCUT2D eigenvalue weighted by molar-refractivity contribution is 9.11. The molecule has 0 aliphatic heterocycles. The summed E-state index contributed by atoms with van der Waals surface area (Å²) in [5, 5.41) is 9.69. The molecule has 124 valence electrons. The molecule has 1 amide bonds. The van der Waals surface area contributed by atoms with E-state index in [1.165, 1.54) is 0 Å². The zero-order chi connectivity index (χ0) is 16.9. The van der Waals surface area contributed by atoms with Crippen LogP contribution < -0.4 is 11.1 Å². The summed E-state index contributed by atoms with van der Waals surface area (Å²) in [4.78, 5) is 13.5. The Hall–Kier alpha value is -1.96. The topological polar surface area (TPSA) is 83.8 Å². The molecule has 3 rings (SSSR count). The molecule has 2 heterocycles. The van der Waals surface area contributed by atoms with E-state index in [0.29, 0.717) is 13.0 Å².